The molecule has 3 aliphatic rings. The molecular formula is C19H35NO. The van der Waals surface area contributed by atoms with Gasteiger partial charge in [-0.1, -0.05) is 33.1 Å². The third-order valence-corrected chi connectivity index (χ3v) is 6.41. The second kappa shape index (κ2) is 7.00. The second-order valence-corrected chi connectivity index (χ2v) is 8.26. The van der Waals surface area contributed by atoms with Crippen molar-refractivity contribution >= 4 is 0 Å². The molecule has 0 radical (unpaired) electrons. The largest absolute Gasteiger partial charge is 0.375 e. The maximum Gasteiger partial charge on any atom is 0.0685 e. The van der Waals surface area contributed by atoms with Gasteiger partial charge in [-0.05, 0) is 69.2 Å². The molecule has 3 unspecified atom stereocenters. The highest BCUT2D eigenvalue weighted by atomic mass is 16.5. The minimum Gasteiger partial charge on any atom is -0.375 e. The van der Waals surface area contributed by atoms with E-state index in [4.69, 9.17) is 4.74 Å². The molecule has 21 heavy (non-hydrogen) atoms. The van der Waals surface area contributed by atoms with Gasteiger partial charge in [-0.2, -0.15) is 0 Å². The Balaban J connectivity index is 1.63. The summed E-state index contributed by atoms with van der Waals surface area (Å²) in [6, 6.07) is 0.626. The lowest BCUT2D eigenvalue weighted by Gasteiger charge is -2.49. The molecule has 1 saturated heterocycles. The molecule has 122 valence electrons. The van der Waals surface area contributed by atoms with Crippen molar-refractivity contribution in [1.82, 2.24) is 5.32 Å². The van der Waals surface area contributed by atoms with Gasteiger partial charge in [-0.25, -0.2) is 0 Å². The lowest BCUT2D eigenvalue weighted by atomic mass is 9.66. The topological polar surface area (TPSA) is 21.3 Å². The SMILES string of the molecule is CC(C)NCC1CCCCCC1C1CCOC2(CCC2)C1. The van der Waals surface area contributed by atoms with Gasteiger partial charge in [0.15, 0.2) is 0 Å². The van der Waals surface area contributed by atoms with E-state index < -0.39 is 0 Å². The van der Waals surface area contributed by atoms with E-state index in [-0.39, 0.29) is 0 Å². The molecule has 0 aromatic carbocycles. The first-order chi connectivity index (χ1) is 10.2. The van der Waals surface area contributed by atoms with Crippen LogP contribution in [0.1, 0.15) is 78.1 Å². The molecule has 3 rings (SSSR count). The minimum absolute atomic E-state index is 0.325. The maximum absolute atomic E-state index is 6.17. The number of ether oxygens (including phenoxy) is 1. The molecule has 1 N–H and O–H groups in total. The molecule has 0 amide bonds. The van der Waals surface area contributed by atoms with E-state index in [1.54, 1.807) is 0 Å². The molecule has 0 bridgehead atoms. The van der Waals surface area contributed by atoms with Gasteiger partial charge in [0.05, 0.1) is 5.60 Å². The lowest BCUT2D eigenvalue weighted by molar-refractivity contribution is -0.153. The molecule has 2 saturated carbocycles. The summed E-state index contributed by atoms with van der Waals surface area (Å²) in [7, 11) is 0. The normalized spacial score (nSPS) is 36.4. The number of hydrogen-bond acceptors (Lipinski definition) is 2. The average molecular weight is 293 g/mol. The van der Waals surface area contributed by atoms with E-state index in [1.807, 2.05) is 0 Å². The van der Waals surface area contributed by atoms with Crippen molar-refractivity contribution in [2.24, 2.45) is 17.8 Å². The van der Waals surface area contributed by atoms with Crippen LogP contribution in [0.5, 0.6) is 0 Å². The fraction of sp³-hybridized carbons (Fsp3) is 1.00. The van der Waals surface area contributed by atoms with Crippen LogP contribution >= 0.6 is 0 Å². The summed E-state index contributed by atoms with van der Waals surface area (Å²) in [5.74, 6) is 2.81. The summed E-state index contributed by atoms with van der Waals surface area (Å²) in [6.07, 6.45) is 14.1. The van der Waals surface area contributed by atoms with Crippen molar-refractivity contribution < 1.29 is 4.74 Å². The van der Waals surface area contributed by atoms with Crippen molar-refractivity contribution in [2.75, 3.05) is 13.2 Å². The smallest absolute Gasteiger partial charge is 0.0685 e. The van der Waals surface area contributed by atoms with E-state index in [0.717, 1.165) is 24.4 Å². The fourth-order valence-corrected chi connectivity index (χ4v) is 5.02. The van der Waals surface area contributed by atoms with Gasteiger partial charge in [0.1, 0.15) is 0 Å². The number of hydrogen-bond donors (Lipinski definition) is 1. The zero-order chi connectivity index (χ0) is 14.7. The average Bonchev–Trinajstić information content (AvgIpc) is 2.69. The van der Waals surface area contributed by atoms with Crippen molar-refractivity contribution in [3.63, 3.8) is 0 Å². The van der Waals surface area contributed by atoms with Crippen LogP contribution in [0.15, 0.2) is 0 Å². The Kier molecular flexibility index (Phi) is 5.27. The first-order valence-electron chi connectivity index (χ1n) is 9.56. The van der Waals surface area contributed by atoms with Gasteiger partial charge in [0.2, 0.25) is 0 Å². The third kappa shape index (κ3) is 3.82. The Morgan fingerprint density at radius 3 is 2.57 bits per heavy atom. The third-order valence-electron chi connectivity index (χ3n) is 6.41. The van der Waals surface area contributed by atoms with Crippen molar-refractivity contribution in [3.05, 3.63) is 0 Å². The summed E-state index contributed by atoms with van der Waals surface area (Å²) in [5.41, 5.74) is 0.325. The standard InChI is InChI=1S/C19H35NO/c1-15(2)20-14-17-7-4-3-5-8-18(17)16-9-12-21-19(13-16)10-6-11-19/h15-18,20H,3-14H2,1-2H3. The lowest BCUT2D eigenvalue weighted by Crippen LogP contribution is -2.48. The first-order valence-corrected chi connectivity index (χ1v) is 9.56. The predicted molar refractivity (Wildman–Crippen MR) is 88.5 cm³/mol. The molecule has 2 heteroatoms. The van der Waals surface area contributed by atoms with Crippen LogP contribution in [0.4, 0.5) is 0 Å². The van der Waals surface area contributed by atoms with E-state index in [2.05, 4.69) is 19.2 Å². The van der Waals surface area contributed by atoms with Gasteiger partial charge in [0.25, 0.3) is 0 Å². The molecule has 0 aromatic heterocycles. The molecule has 3 fully saturated rings. The van der Waals surface area contributed by atoms with Crippen LogP contribution in [-0.4, -0.2) is 24.8 Å². The Morgan fingerprint density at radius 1 is 1.05 bits per heavy atom. The highest BCUT2D eigenvalue weighted by Gasteiger charge is 2.45. The molecule has 3 atom stereocenters. The summed E-state index contributed by atoms with van der Waals surface area (Å²) >= 11 is 0. The monoisotopic (exact) mass is 293 g/mol. The second-order valence-electron chi connectivity index (χ2n) is 8.26. The van der Waals surface area contributed by atoms with Crippen LogP contribution in [0.25, 0.3) is 0 Å². The van der Waals surface area contributed by atoms with Crippen LogP contribution < -0.4 is 5.32 Å². The Hall–Kier alpha value is -0.0800. The highest BCUT2D eigenvalue weighted by molar-refractivity contribution is 4.96. The van der Waals surface area contributed by atoms with Gasteiger partial charge < -0.3 is 10.1 Å². The Bertz CT molecular complexity index is 324. The van der Waals surface area contributed by atoms with Gasteiger partial charge in [0, 0.05) is 12.6 Å². The van der Waals surface area contributed by atoms with Gasteiger partial charge in [-0.3, -0.25) is 0 Å². The fourth-order valence-electron chi connectivity index (χ4n) is 5.02. The minimum atomic E-state index is 0.325. The van der Waals surface area contributed by atoms with E-state index in [0.29, 0.717) is 11.6 Å². The zero-order valence-corrected chi connectivity index (χ0v) is 14.2. The van der Waals surface area contributed by atoms with Crippen LogP contribution in [0.3, 0.4) is 0 Å². The first kappa shape index (κ1) is 15.8. The van der Waals surface area contributed by atoms with Gasteiger partial charge >= 0.3 is 0 Å². The summed E-state index contributed by atoms with van der Waals surface area (Å²) in [4.78, 5) is 0. The van der Waals surface area contributed by atoms with Crippen molar-refractivity contribution in [1.29, 1.82) is 0 Å². The summed E-state index contributed by atoms with van der Waals surface area (Å²) in [5, 5.41) is 3.73. The Labute approximate surface area is 131 Å². The van der Waals surface area contributed by atoms with E-state index in [9.17, 15) is 0 Å². The number of nitrogens with one attached hydrogen (secondary N) is 1. The van der Waals surface area contributed by atoms with Crippen LogP contribution in [0.2, 0.25) is 0 Å². The molecule has 0 aromatic rings. The quantitative estimate of drug-likeness (QED) is 0.769. The maximum atomic E-state index is 6.17. The summed E-state index contributed by atoms with van der Waals surface area (Å²) in [6.45, 7) is 6.84. The number of rotatable bonds is 4. The van der Waals surface area contributed by atoms with Crippen molar-refractivity contribution in [3.8, 4) is 0 Å². The molecule has 1 heterocycles. The highest BCUT2D eigenvalue weighted by Crippen LogP contribution is 2.48. The summed E-state index contributed by atoms with van der Waals surface area (Å²) < 4.78 is 6.17. The van der Waals surface area contributed by atoms with E-state index in [1.165, 1.54) is 70.8 Å². The molecular weight excluding hydrogens is 258 g/mol. The van der Waals surface area contributed by atoms with Crippen molar-refractivity contribution in [2.45, 2.75) is 89.7 Å². The predicted octanol–water partition coefficient (Wildman–Crippen LogP) is 4.53. The molecule has 2 aliphatic carbocycles. The Morgan fingerprint density at radius 2 is 1.86 bits per heavy atom. The zero-order valence-electron chi connectivity index (χ0n) is 14.2. The van der Waals surface area contributed by atoms with Crippen LogP contribution in [0, 0.1) is 17.8 Å². The van der Waals surface area contributed by atoms with Crippen LogP contribution in [-0.2, 0) is 4.74 Å². The molecule has 1 aliphatic heterocycles. The molecule has 1 spiro atoms. The van der Waals surface area contributed by atoms with E-state index >= 15 is 0 Å². The molecule has 2 nitrogen and oxygen atoms in total. The van der Waals surface area contributed by atoms with Gasteiger partial charge in [-0.15, -0.1) is 0 Å².